The molecule has 0 fully saturated rings. The average Bonchev–Trinajstić information content (AvgIpc) is 2.34. The van der Waals surface area contributed by atoms with Crippen LogP contribution in [0.15, 0.2) is 18.2 Å². The van der Waals surface area contributed by atoms with Crippen LogP contribution in [0.3, 0.4) is 0 Å². The number of benzene rings is 1. The lowest BCUT2D eigenvalue weighted by Crippen LogP contribution is -2.29. The third-order valence-corrected chi connectivity index (χ3v) is 2.15. The van der Waals surface area contributed by atoms with E-state index in [0.717, 1.165) is 5.56 Å². The van der Waals surface area contributed by atoms with E-state index in [1.165, 1.54) is 0 Å². The number of hydrogen-bond acceptors (Lipinski definition) is 4. The fourth-order valence-corrected chi connectivity index (χ4v) is 1.36. The number of ether oxygens (including phenoxy) is 2. The van der Waals surface area contributed by atoms with E-state index in [0.29, 0.717) is 18.0 Å². The molecule has 0 aliphatic rings. The Hall–Kier alpha value is -1.75. The molecule has 3 N–H and O–H groups in total. The molecule has 0 heterocycles. The van der Waals surface area contributed by atoms with Crippen molar-refractivity contribution in [1.82, 2.24) is 5.32 Å². The van der Waals surface area contributed by atoms with Gasteiger partial charge in [0.25, 0.3) is 0 Å². The van der Waals surface area contributed by atoms with Crippen LogP contribution in [0.2, 0.25) is 0 Å². The predicted octanol–water partition coefficient (Wildman–Crippen LogP) is 0.279. The molecule has 0 aliphatic heterocycles. The van der Waals surface area contributed by atoms with Gasteiger partial charge in [-0.3, -0.25) is 4.79 Å². The number of hydrogen-bond donors (Lipinski definition) is 2. The highest BCUT2D eigenvalue weighted by Gasteiger charge is 2.09. The van der Waals surface area contributed by atoms with Gasteiger partial charge in [0, 0.05) is 12.1 Å². The van der Waals surface area contributed by atoms with E-state index < -0.39 is 0 Å². The number of methoxy groups -OCH3 is 2. The molecule has 0 bridgehead atoms. The molecule has 1 aromatic rings. The van der Waals surface area contributed by atoms with Crippen molar-refractivity contribution < 1.29 is 14.3 Å². The van der Waals surface area contributed by atoms with Crippen molar-refractivity contribution in [2.45, 2.75) is 6.54 Å². The Balaban J connectivity index is 2.82. The van der Waals surface area contributed by atoms with Crippen LogP contribution in [-0.2, 0) is 11.3 Å². The Labute approximate surface area is 94.5 Å². The lowest BCUT2D eigenvalue weighted by atomic mass is 10.2. The van der Waals surface area contributed by atoms with E-state index in [4.69, 9.17) is 15.2 Å². The molecule has 0 saturated heterocycles. The number of carbonyl (C=O) groups excluding carboxylic acids is 1. The minimum Gasteiger partial charge on any atom is -0.493 e. The third kappa shape index (κ3) is 2.87. The Kier molecular flexibility index (Phi) is 4.60. The first kappa shape index (κ1) is 12.3. The van der Waals surface area contributed by atoms with Crippen molar-refractivity contribution in [3.8, 4) is 11.5 Å². The lowest BCUT2D eigenvalue weighted by molar-refractivity contribution is -0.119. The summed E-state index contributed by atoms with van der Waals surface area (Å²) in [5, 5.41) is 2.68. The molecule has 88 valence electrons. The molecule has 0 atom stereocenters. The summed E-state index contributed by atoms with van der Waals surface area (Å²) < 4.78 is 10.4. The molecular formula is C11H16N2O3. The van der Waals surface area contributed by atoms with Gasteiger partial charge in [0.2, 0.25) is 5.91 Å². The first-order valence-corrected chi connectivity index (χ1v) is 4.89. The van der Waals surface area contributed by atoms with Crippen LogP contribution >= 0.6 is 0 Å². The van der Waals surface area contributed by atoms with Gasteiger partial charge in [-0.05, 0) is 6.07 Å². The molecule has 1 rings (SSSR count). The highest BCUT2D eigenvalue weighted by molar-refractivity contribution is 5.77. The van der Waals surface area contributed by atoms with Crippen molar-refractivity contribution in [2.24, 2.45) is 5.73 Å². The first-order chi connectivity index (χ1) is 7.72. The Morgan fingerprint density at radius 1 is 1.38 bits per heavy atom. The zero-order valence-electron chi connectivity index (χ0n) is 9.45. The minimum atomic E-state index is -0.204. The summed E-state index contributed by atoms with van der Waals surface area (Å²) >= 11 is 0. The van der Waals surface area contributed by atoms with Gasteiger partial charge >= 0.3 is 0 Å². The van der Waals surface area contributed by atoms with Crippen molar-refractivity contribution in [2.75, 3.05) is 20.8 Å². The highest BCUT2D eigenvalue weighted by atomic mass is 16.5. The molecule has 5 heteroatoms. The van der Waals surface area contributed by atoms with Crippen molar-refractivity contribution in [3.05, 3.63) is 23.8 Å². The number of para-hydroxylation sites is 1. The largest absolute Gasteiger partial charge is 0.493 e. The summed E-state index contributed by atoms with van der Waals surface area (Å²) in [6.07, 6.45) is 0. The van der Waals surface area contributed by atoms with Crippen molar-refractivity contribution in [3.63, 3.8) is 0 Å². The van der Waals surface area contributed by atoms with Gasteiger partial charge in [0.15, 0.2) is 11.5 Å². The van der Waals surface area contributed by atoms with E-state index >= 15 is 0 Å². The van der Waals surface area contributed by atoms with Crippen LogP contribution in [0, 0.1) is 0 Å². The van der Waals surface area contributed by atoms with Gasteiger partial charge < -0.3 is 20.5 Å². The molecule has 5 nitrogen and oxygen atoms in total. The molecule has 0 radical (unpaired) electrons. The number of carbonyl (C=O) groups is 1. The molecule has 1 amide bonds. The monoisotopic (exact) mass is 224 g/mol. The van der Waals surface area contributed by atoms with Gasteiger partial charge in [0.1, 0.15) is 0 Å². The maximum absolute atomic E-state index is 11.0. The number of nitrogens with two attached hydrogens (primary N) is 1. The SMILES string of the molecule is COc1cccc(CNC(=O)CN)c1OC. The summed E-state index contributed by atoms with van der Waals surface area (Å²) in [6.45, 7) is 0.350. The molecule has 0 saturated carbocycles. The van der Waals surface area contributed by atoms with E-state index in [1.807, 2.05) is 12.1 Å². The highest BCUT2D eigenvalue weighted by Crippen LogP contribution is 2.30. The Bertz CT molecular complexity index is 366. The normalized spacial score (nSPS) is 9.69. The first-order valence-electron chi connectivity index (χ1n) is 4.89. The fourth-order valence-electron chi connectivity index (χ4n) is 1.36. The molecule has 1 aromatic carbocycles. The summed E-state index contributed by atoms with van der Waals surface area (Å²) in [7, 11) is 3.13. The summed E-state index contributed by atoms with van der Waals surface area (Å²) in [5.41, 5.74) is 6.05. The zero-order chi connectivity index (χ0) is 12.0. The maximum atomic E-state index is 11.0. The van der Waals surface area contributed by atoms with Crippen LogP contribution in [0.5, 0.6) is 11.5 Å². The number of nitrogens with one attached hydrogen (secondary N) is 1. The molecule has 0 aliphatic carbocycles. The second kappa shape index (κ2) is 5.97. The van der Waals surface area contributed by atoms with Crippen LogP contribution in [0.4, 0.5) is 0 Å². The second-order valence-electron chi connectivity index (χ2n) is 3.13. The van der Waals surface area contributed by atoms with E-state index in [-0.39, 0.29) is 12.5 Å². The van der Waals surface area contributed by atoms with Gasteiger partial charge in [-0.15, -0.1) is 0 Å². The van der Waals surface area contributed by atoms with Crippen molar-refractivity contribution in [1.29, 1.82) is 0 Å². The van der Waals surface area contributed by atoms with Crippen molar-refractivity contribution >= 4 is 5.91 Å². The van der Waals surface area contributed by atoms with Gasteiger partial charge in [0.05, 0.1) is 20.8 Å². The summed E-state index contributed by atoms with van der Waals surface area (Å²) in [5.74, 6) is 1.06. The number of rotatable bonds is 5. The molecule has 0 unspecified atom stereocenters. The second-order valence-corrected chi connectivity index (χ2v) is 3.13. The summed E-state index contributed by atoms with van der Waals surface area (Å²) in [6, 6.07) is 5.50. The Morgan fingerprint density at radius 3 is 2.69 bits per heavy atom. The minimum absolute atomic E-state index is 0.0215. The van der Waals surface area contributed by atoms with E-state index in [9.17, 15) is 4.79 Å². The van der Waals surface area contributed by atoms with Crippen LogP contribution in [0.1, 0.15) is 5.56 Å². The van der Waals surface area contributed by atoms with Crippen LogP contribution in [0.25, 0.3) is 0 Å². The average molecular weight is 224 g/mol. The number of amides is 1. The lowest BCUT2D eigenvalue weighted by Gasteiger charge is -2.12. The smallest absolute Gasteiger partial charge is 0.234 e. The summed E-state index contributed by atoms with van der Waals surface area (Å²) in [4.78, 5) is 11.0. The van der Waals surface area contributed by atoms with E-state index in [1.54, 1.807) is 20.3 Å². The van der Waals surface area contributed by atoms with Crippen LogP contribution in [-0.4, -0.2) is 26.7 Å². The standard InChI is InChI=1S/C11H16N2O3/c1-15-9-5-3-4-8(11(9)16-2)7-13-10(14)6-12/h3-5H,6-7,12H2,1-2H3,(H,13,14). The Morgan fingerprint density at radius 2 is 2.12 bits per heavy atom. The van der Waals surface area contributed by atoms with E-state index in [2.05, 4.69) is 5.32 Å². The predicted molar refractivity (Wildman–Crippen MR) is 60.4 cm³/mol. The topological polar surface area (TPSA) is 73.6 Å². The van der Waals surface area contributed by atoms with Gasteiger partial charge in [-0.2, -0.15) is 0 Å². The van der Waals surface area contributed by atoms with Gasteiger partial charge in [-0.25, -0.2) is 0 Å². The molecular weight excluding hydrogens is 208 g/mol. The quantitative estimate of drug-likeness (QED) is 0.753. The fraction of sp³-hybridized carbons (Fsp3) is 0.364. The molecule has 16 heavy (non-hydrogen) atoms. The molecule has 0 spiro atoms. The maximum Gasteiger partial charge on any atom is 0.234 e. The third-order valence-electron chi connectivity index (χ3n) is 2.15. The van der Waals surface area contributed by atoms with Gasteiger partial charge in [-0.1, -0.05) is 12.1 Å². The zero-order valence-corrected chi connectivity index (χ0v) is 9.45. The molecule has 0 aromatic heterocycles. The van der Waals surface area contributed by atoms with Crippen LogP contribution < -0.4 is 20.5 Å².